The van der Waals surface area contributed by atoms with Crippen LogP contribution in [0.4, 0.5) is 9.80 Å². The van der Waals surface area contributed by atoms with Crippen molar-refractivity contribution in [2.24, 2.45) is 0 Å². The van der Waals surface area contributed by atoms with Gasteiger partial charge in [-0.25, -0.2) is 9.78 Å². The highest BCUT2D eigenvalue weighted by Crippen LogP contribution is 2.21. The molecule has 1 N–H and O–H groups in total. The fraction of sp³-hybridized carbons (Fsp3) is 0.333. The Kier molecular flexibility index (Phi) is 3.65. The van der Waals surface area contributed by atoms with E-state index in [0.717, 1.165) is 11.4 Å². The minimum atomic E-state index is -0.0623. The maximum absolute atomic E-state index is 12.0. The summed E-state index contributed by atoms with van der Waals surface area (Å²) < 4.78 is 5.72. The molecule has 1 aliphatic heterocycles. The molecule has 0 radical (unpaired) electrons. The van der Waals surface area contributed by atoms with Crippen molar-refractivity contribution in [3.8, 4) is 5.19 Å². The average molecular weight is 295 g/mol. The number of thiophene rings is 1. The number of aromatic nitrogens is 1. The van der Waals surface area contributed by atoms with Gasteiger partial charge in [-0.3, -0.25) is 5.32 Å². The number of nitrogens with one attached hydrogen (secondary N) is 1. The standard InChI is InChI=1S/C12H13N3O2S2/c16-11(14-10-2-1-6-18-10)15-5-3-9(8-15)17-12-13-4-7-19-12/h1-2,4,6-7,9H,3,5,8H2,(H,14,16)/t9-/m0/s1. The average Bonchev–Trinajstić information content (AvgIpc) is 3.10. The first-order chi connectivity index (χ1) is 9.31. The molecule has 7 heteroatoms. The van der Waals surface area contributed by atoms with Crippen LogP contribution in [0.5, 0.6) is 5.19 Å². The van der Waals surface area contributed by atoms with Gasteiger partial charge >= 0.3 is 6.03 Å². The minimum absolute atomic E-state index is 0.0419. The summed E-state index contributed by atoms with van der Waals surface area (Å²) in [5.74, 6) is 0. The zero-order valence-electron chi connectivity index (χ0n) is 10.1. The van der Waals surface area contributed by atoms with Crippen LogP contribution >= 0.6 is 22.7 Å². The van der Waals surface area contributed by atoms with Crippen LogP contribution in [0.25, 0.3) is 0 Å². The van der Waals surface area contributed by atoms with Gasteiger partial charge in [0.1, 0.15) is 6.10 Å². The Hall–Kier alpha value is -1.60. The summed E-state index contributed by atoms with van der Waals surface area (Å²) in [6, 6.07) is 3.74. The smallest absolute Gasteiger partial charge is 0.322 e. The van der Waals surface area contributed by atoms with Crippen LogP contribution in [-0.4, -0.2) is 35.1 Å². The van der Waals surface area contributed by atoms with E-state index in [0.29, 0.717) is 18.3 Å². The number of carbonyl (C=O) groups is 1. The van der Waals surface area contributed by atoms with Gasteiger partial charge in [-0.1, -0.05) is 11.3 Å². The fourth-order valence-corrected chi connectivity index (χ4v) is 3.11. The molecule has 100 valence electrons. The third-order valence-corrected chi connectivity index (χ3v) is 4.31. The highest BCUT2D eigenvalue weighted by molar-refractivity contribution is 7.14. The lowest BCUT2D eigenvalue weighted by molar-refractivity contribution is 0.194. The largest absolute Gasteiger partial charge is 0.465 e. The molecule has 3 rings (SSSR count). The van der Waals surface area contributed by atoms with E-state index in [-0.39, 0.29) is 12.1 Å². The summed E-state index contributed by atoms with van der Waals surface area (Å²) in [6.45, 7) is 1.32. The Morgan fingerprint density at radius 2 is 2.42 bits per heavy atom. The zero-order chi connectivity index (χ0) is 13.1. The Balaban J connectivity index is 1.52. The van der Waals surface area contributed by atoms with Crippen LogP contribution in [0.15, 0.2) is 29.1 Å². The molecule has 5 nitrogen and oxygen atoms in total. The normalized spacial score (nSPS) is 18.5. The van der Waals surface area contributed by atoms with E-state index < -0.39 is 0 Å². The third kappa shape index (κ3) is 3.05. The summed E-state index contributed by atoms with van der Waals surface area (Å²) in [4.78, 5) is 17.9. The highest BCUT2D eigenvalue weighted by Gasteiger charge is 2.28. The van der Waals surface area contributed by atoms with Gasteiger partial charge in [0.2, 0.25) is 0 Å². The summed E-state index contributed by atoms with van der Waals surface area (Å²) in [6.07, 6.45) is 2.61. The number of amides is 2. The number of thiazole rings is 1. The Morgan fingerprint density at radius 1 is 1.47 bits per heavy atom. The van der Waals surface area contributed by atoms with Crippen molar-refractivity contribution in [1.82, 2.24) is 9.88 Å². The summed E-state index contributed by atoms with van der Waals surface area (Å²) in [5.41, 5.74) is 0. The molecular formula is C12H13N3O2S2. The van der Waals surface area contributed by atoms with Gasteiger partial charge in [0.05, 0.1) is 11.5 Å². The van der Waals surface area contributed by atoms with E-state index in [1.54, 1.807) is 11.1 Å². The summed E-state index contributed by atoms with van der Waals surface area (Å²) in [7, 11) is 0. The van der Waals surface area contributed by atoms with Gasteiger partial charge < -0.3 is 9.64 Å². The number of nitrogens with zero attached hydrogens (tertiary/aromatic N) is 2. The maximum atomic E-state index is 12.0. The number of hydrogen-bond acceptors (Lipinski definition) is 5. The third-order valence-electron chi connectivity index (χ3n) is 2.86. The van der Waals surface area contributed by atoms with Crippen molar-refractivity contribution >= 4 is 33.7 Å². The summed E-state index contributed by atoms with van der Waals surface area (Å²) >= 11 is 2.99. The minimum Gasteiger partial charge on any atom is -0.465 e. The molecule has 1 aliphatic rings. The van der Waals surface area contributed by atoms with Crippen LogP contribution in [0.3, 0.4) is 0 Å². The van der Waals surface area contributed by atoms with Gasteiger partial charge in [-0.2, -0.15) is 0 Å². The van der Waals surface area contributed by atoms with Crippen LogP contribution in [0.1, 0.15) is 6.42 Å². The molecule has 0 saturated carbocycles. The van der Waals surface area contributed by atoms with Crippen LogP contribution in [0, 0.1) is 0 Å². The Morgan fingerprint density at radius 3 is 3.16 bits per heavy atom. The number of carbonyl (C=O) groups excluding carboxylic acids is 1. The van der Waals surface area contributed by atoms with E-state index in [4.69, 9.17) is 4.74 Å². The van der Waals surface area contributed by atoms with Gasteiger partial charge in [0.25, 0.3) is 5.19 Å². The van der Waals surface area contributed by atoms with E-state index in [9.17, 15) is 4.79 Å². The van der Waals surface area contributed by atoms with E-state index in [1.807, 2.05) is 22.9 Å². The van der Waals surface area contributed by atoms with Crippen molar-refractivity contribution in [2.75, 3.05) is 18.4 Å². The lowest BCUT2D eigenvalue weighted by Gasteiger charge is -2.16. The molecule has 0 spiro atoms. The number of rotatable bonds is 3. The molecule has 0 aliphatic carbocycles. The SMILES string of the molecule is O=C(Nc1cccs1)N1CC[C@H](Oc2nccs2)C1. The molecule has 19 heavy (non-hydrogen) atoms. The number of hydrogen-bond donors (Lipinski definition) is 1. The molecule has 0 aromatic carbocycles. The molecule has 0 unspecified atom stereocenters. The molecular weight excluding hydrogens is 282 g/mol. The van der Waals surface area contributed by atoms with Crippen molar-refractivity contribution in [1.29, 1.82) is 0 Å². The lowest BCUT2D eigenvalue weighted by atomic mass is 10.3. The Bertz CT molecular complexity index is 527. The van der Waals surface area contributed by atoms with Crippen LogP contribution in [-0.2, 0) is 0 Å². The first-order valence-corrected chi connectivity index (χ1v) is 7.73. The number of anilines is 1. The lowest BCUT2D eigenvalue weighted by Crippen LogP contribution is -2.34. The number of urea groups is 1. The maximum Gasteiger partial charge on any atom is 0.322 e. The monoisotopic (exact) mass is 295 g/mol. The number of likely N-dealkylation sites (tertiary alicyclic amines) is 1. The van der Waals surface area contributed by atoms with E-state index in [2.05, 4.69) is 10.3 Å². The second-order valence-electron chi connectivity index (χ2n) is 4.18. The zero-order valence-corrected chi connectivity index (χ0v) is 11.7. The molecule has 1 atom stereocenters. The molecule has 2 aromatic rings. The topological polar surface area (TPSA) is 54.5 Å². The molecule has 1 fully saturated rings. The van der Waals surface area contributed by atoms with Gasteiger partial charge in [0, 0.05) is 24.5 Å². The van der Waals surface area contributed by atoms with Crippen LogP contribution in [0.2, 0.25) is 0 Å². The predicted octanol–water partition coefficient (Wildman–Crippen LogP) is 2.89. The second-order valence-corrected chi connectivity index (χ2v) is 5.98. The molecule has 3 heterocycles. The van der Waals surface area contributed by atoms with Crippen molar-refractivity contribution < 1.29 is 9.53 Å². The van der Waals surface area contributed by atoms with Gasteiger partial charge in [-0.15, -0.1) is 11.3 Å². The molecule has 1 saturated heterocycles. The quantitative estimate of drug-likeness (QED) is 0.947. The Labute approximate surface area is 118 Å². The van der Waals surface area contributed by atoms with Gasteiger partial charge in [-0.05, 0) is 17.5 Å². The van der Waals surface area contributed by atoms with Crippen molar-refractivity contribution in [2.45, 2.75) is 12.5 Å². The fourth-order valence-electron chi connectivity index (χ4n) is 1.95. The number of ether oxygens (including phenoxy) is 1. The van der Waals surface area contributed by atoms with Crippen molar-refractivity contribution in [3.05, 3.63) is 29.1 Å². The first kappa shape index (κ1) is 12.4. The van der Waals surface area contributed by atoms with Crippen molar-refractivity contribution in [3.63, 3.8) is 0 Å². The molecule has 2 aromatic heterocycles. The van der Waals surface area contributed by atoms with E-state index >= 15 is 0 Å². The highest BCUT2D eigenvalue weighted by atomic mass is 32.1. The van der Waals surface area contributed by atoms with E-state index in [1.165, 1.54) is 22.7 Å². The molecule has 2 amide bonds. The second kappa shape index (κ2) is 5.58. The van der Waals surface area contributed by atoms with Gasteiger partial charge in [0.15, 0.2) is 0 Å². The molecule has 0 bridgehead atoms. The first-order valence-electron chi connectivity index (χ1n) is 5.97. The summed E-state index contributed by atoms with van der Waals surface area (Å²) in [5, 5.41) is 8.24. The van der Waals surface area contributed by atoms with Crippen LogP contribution < -0.4 is 10.1 Å². The predicted molar refractivity (Wildman–Crippen MR) is 76.1 cm³/mol.